The fourth-order valence-electron chi connectivity index (χ4n) is 3.04. The van der Waals surface area contributed by atoms with Crippen LogP contribution in [0.4, 0.5) is 4.39 Å². The molecule has 0 amide bonds. The van der Waals surface area contributed by atoms with Crippen LogP contribution in [0.1, 0.15) is 44.2 Å². The van der Waals surface area contributed by atoms with Crippen molar-refractivity contribution >= 4 is 5.96 Å². The zero-order chi connectivity index (χ0) is 18.1. The minimum Gasteiger partial charge on any atom is -0.357 e. The number of nitrogens with one attached hydrogen (secondary N) is 2. The second-order valence-electron chi connectivity index (χ2n) is 6.37. The van der Waals surface area contributed by atoms with Crippen LogP contribution in [0, 0.1) is 17.1 Å². The van der Waals surface area contributed by atoms with Crippen LogP contribution in [0.3, 0.4) is 0 Å². The number of hydrogen-bond acceptors (Lipinski definition) is 3. The summed E-state index contributed by atoms with van der Waals surface area (Å²) in [6.45, 7) is 8.62. The molecule has 0 bridgehead atoms. The lowest BCUT2D eigenvalue weighted by atomic mass is 10.1. The standard InChI is InChI=1S/C19H28FN5/c1-3-9-25-10-7-17(8-11-25)24-19(22-4-2)23-14-16-6-5-15(13-21)12-18(16)20/h5-6,12,17H,3-4,7-11,14H2,1-2H3,(H2,22,23,24). The quantitative estimate of drug-likeness (QED) is 0.614. The highest BCUT2D eigenvalue weighted by Crippen LogP contribution is 2.12. The summed E-state index contributed by atoms with van der Waals surface area (Å²) in [4.78, 5) is 7.00. The third-order valence-corrected chi connectivity index (χ3v) is 4.40. The second kappa shape index (κ2) is 10.00. The first kappa shape index (κ1) is 19.2. The normalized spacial score (nSPS) is 16.5. The molecule has 1 aliphatic rings. The first-order valence-electron chi connectivity index (χ1n) is 9.12. The smallest absolute Gasteiger partial charge is 0.191 e. The Morgan fingerprint density at radius 1 is 1.36 bits per heavy atom. The monoisotopic (exact) mass is 345 g/mol. The summed E-state index contributed by atoms with van der Waals surface area (Å²) < 4.78 is 14.0. The van der Waals surface area contributed by atoms with Gasteiger partial charge < -0.3 is 15.5 Å². The molecule has 1 saturated heterocycles. The molecule has 1 aromatic carbocycles. The summed E-state index contributed by atoms with van der Waals surface area (Å²) in [7, 11) is 0. The van der Waals surface area contributed by atoms with E-state index in [1.165, 1.54) is 19.0 Å². The Balaban J connectivity index is 1.94. The van der Waals surface area contributed by atoms with Crippen molar-refractivity contribution in [2.45, 2.75) is 45.7 Å². The van der Waals surface area contributed by atoms with Crippen molar-refractivity contribution in [1.29, 1.82) is 5.26 Å². The van der Waals surface area contributed by atoms with Gasteiger partial charge in [-0.3, -0.25) is 0 Å². The van der Waals surface area contributed by atoms with E-state index < -0.39 is 0 Å². The molecule has 0 radical (unpaired) electrons. The van der Waals surface area contributed by atoms with Crippen molar-refractivity contribution in [1.82, 2.24) is 15.5 Å². The molecule has 0 atom stereocenters. The Bertz CT molecular complexity index is 615. The molecule has 1 aromatic rings. The molecule has 0 unspecified atom stereocenters. The van der Waals surface area contributed by atoms with Gasteiger partial charge in [0.15, 0.2) is 5.96 Å². The van der Waals surface area contributed by atoms with Gasteiger partial charge in [0.05, 0.1) is 18.2 Å². The summed E-state index contributed by atoms with van der Waals surface area (Å²) in [5.74, 6) is 0.340. The van der Waals surface area contributed by atoms with Crippen LogP contribution < -0.4 is 10.6 Å². The van der Waals surface area contributed by atoms with Gasteiger partial charge in [-0.2, -0.15) is 5.26 Å². The van der Waals surface area contributed by atoms with Crippen LogP contribution in [0.25, 0.3) is 0 Å². The van der Waals surface area contributed by atoms with Crippen molar-refractivity contribution in [3.8, 4) is 6.07 Å². The fourth-order valence-corrected chi connectivity index (χ4v) is 3.04. The summed E-state index contributed by atoms with van der Waals surface area (Å²) >= 11 is 0. The molecule has 25 heavy (non-hydrogen) atoms. The van der Waals surface area contributed by atoms with Gasteiger partial charge in [-0.25, -0.2) is 9.38 Å². The van der Waals surface area contributed by atoms with Crippen LogP contribution in [0.15, 0.2) is 23.2 Å². The van der Waals surface area contributed by atoms with E-state index in [2.05, 4.69) is 27.4 Å². The SMILES string of the molecule is CCCN1CCC(NC(=NCc2ccc(C#N)cc2F)NCC)CC1. The molecule has 0 aromatic heterocycles. The molecule has 136 valence electrons. The van der Waals surface area contributed by atoms with Crippen LogP contribution in [-0.4, -0.2) is 43.1 Å². The first-order chi connectivity index (χ1) is 12.2. The molecule has 0 saturated carbocycles. The van der Waals surface area contributed by atoms with Gasteiger partial charge >= 0.3 is 0 Å². The molecule has 2 N–H and O–H groups in total. The highest BCUT2D eigenvalue weighted by atomic mass is 19.1. The van der Waals surface area contributed by atoms with Gasteiger partial charge in [0.25, 0.3) is 0 Å². The fraction of sp³-hybridized carbons (Fsp3) is 0.579. The molecule has 1 aliphatic heterocycles. The lowest BCUT2D eigenvalue weighted by Crippen LogP contribution is -2.48. The lowest BCUT2D eigenvalue weighted by molar-refractivity contribution is 0.206. The van der Waals surface area contributed by atoms with E-state index >= 15 is 0 Å². The van der Waals surface area contributed by atoms with E-state index in [0.29, 0.717) is 17.2 Å². The number of nitriles is 1. The largest absolute Gasteiger partial charge is 0.357 e. The van der Waals surface area contributed by atoms with E-state index in [-0.39, 0.29) is 12.4 Å². The Morgan fingerprint density at radius 3 is 2.72 bits per heavy atom. The summed E-state index contributed by atoms with van der Waals surface area (Å²) in [6.07, 6.45) is 3.38. The number of guanidine groups is 1. The maximum absolute atomic E-state index is 14.0. The summed E-state index contributed by atoms with van der Waals surface area (Å²) in [6, 6.07) is 6.85. The summed E-state index contributed by atoms with van der Waals surface area (Å²) in [5.41, 5.74) is 0.822. The number of likely N-dealkylation sites (tertiary alicyclic amines) is 1. The third-order valence-electron chi connectivity index (χ3n) is 4.40. The van der Waals surface area contributed by atoms with Gasteiger partial charge in [-0.1, -0.05) is 13.0 Å². The number of piperidine rings is 1. The average Bonchev–Trinajstić information content (AvgIpc) is 2.62. The highest BCUT2D eigenvalue weighted by Gasteiger charge is 2.19. The van der Waals surface area contributed by atoms with Gasteiger partial charge in [0.1, 0.15) is 5.82 Å². The van der Waals surface area contributed by atoms with E-state index in [4.69, 9.17) is 5.26 Å². The molecule has 0 spiro atoms. The number of hydrogen-bond donors (Lipinski definition) is 2. The van der Waals surface area contributed by atoms with Crippen molar-refractivity contribution in [2.75, 3.05) is 26.2 Å². The molecular weight excluding hydrogens is 317 g/mol. The Hall–Kier alpha value is -2.13. The van der Waals surface area contributed by atoms with Crippen molar-refractivity contribution in [2.24, 2.45) is 4.99 Å². The highest BCUT2D eigenvalue weighted by molar-refractivity contribution is 5.80. The molecular formula is C19H28FN5. The van der Waals surface area contributed by atoms with Crippen LogP contribution in [0.5, 0.6) is 0 Å². The maximum atomic E-state index is 14.0. The topological polar surface area (TPSA) is 63.5 Å². The predicted molar refractivity (Wildman–Crippen MR) is 98.8 cm³/mol. The van der Waals surface area contributed by atoms with E-state index in [0.717, 1.165) is 38.4 Å². The summed E-state index contributed by atoms with van der Waals surface area (Å²) in [5, 5.41) is 15.5. The predicted octanol–water partition coefficient (Wildman–Crippen LogP) is 2.63. The Kier molecular flexibility index (Phi) is 7.68. The van der Waals surface area contributed by atoms with Crippen LogP contribution in [-0.2, 0) is 6.54 Å². The van der Waals surface area contributed by atoms with Crippen LogP contribution >= 0.6 is 0 Å². The van der Waals surface area contributed by atoms with E-state index in [1.807, 2.05) is 13.0 Å². The van der Waals surface area contributed by atoms with Gasteiger partial charge in [-0.15, -0.1) is 0 Å². The van der Waals surface area contributed by atoms with Gasteiger partial charge in [-0.05, 0) is 44.9 Å². The molecule has 1 fully saturated rings. The minimum absolute atomic E-state index is 0.252. The Morgan fingerprint density at radius 2 is 2.12 bits per heavy atom. The molecule has 2 rings (SSSR count). The van der Waals surface area contributed by atoms with E-state index in [1.54, 1.807) is 12.1 Å². The molecule has 6 heteroatoms. The molecule has 1 heterocycles. The van der Waals surface area contributed by atoms with Crippen molar-refractivity contribution in [3.63, 3.8) is 0 Å². The molecule has 5 nitrogen and oxygen atoms in total. The van der Waals surface area contributed by atoms with Crippen LogP contribution in [0.2, 0.25) is 0 Å². The Labute approximate surface area is 149 Å². The first-order valence-corrected chi connectivity index (χ1v) is 9.12. The maximum Gasteiger partial charge on any atom is 0.191 e. The number of rotatable bonds is 6. The van der Waals surface area contributed by atoms with Crippen molar-refractivity contribution in [3.05, 3.63) is 35.1 Å². The lowest BCUT2D eigenvalue weighted by Gasteiger charge is -2.32. The second-order valence-corrected chi connectivity index (χ2v) is 6.37. The van der Waals surface area contributed by atoms with E-state index in [9.17, 15) is 4.39 Å². The number of halogens is 1. The van der Waals surface area contributed by atoms with Gasteiger partial charge in [0.2, 0.25) is 0 Å². The zero-order valence-electron chi connectivity index (χ0n) is 15.2. The van der Waals surface area contributed by atoms with Crippen molar-refractivity contribution < 1.29 is 4.39 Å². The molecule has 0 aliphatic carbocycles. The number of benzene rings is 1. The number of aliphatic imine (C=N–C) groups is 1. The number of nitrogens with zero attached hydrogens (tertiary/aromatic N) is 3. The van der Waals surface area contributed by atoms with Gasteiger partial charge in [0, 0.05) is 31.2 Å². The zero-order valence-corrected chi connectivity index (χ0v) is 15.2. The average molecular weight is 345 g/mol. The third kappa shape index (κ3) is 6.02. The minimum atomic E-state index is -0.383.